The Balaban J connectivity index is 1.28. The van der Waals surface area contributed by atoms with E-state index in [0.29, 0.717) is 22.9 Å². The average molecular weight is 446 g/mol. The molecule has 168 valence electrons. The minimum absolute atomic E-state index is 0.121. The number of carbonyl (C=O) groups is 2. The SMILES string of the molecule is COc1ccc(-c2nnc3ccc(OCCNC(=O)CNC(=O)c4ccccc4)nn23)cc1. The Labute approximate surface area is 189 Å². The number of fused-ring (bicyclic) bond motifs is 1. The van der Waals surface area contributed by atoms with Gasteiger partial charge in [-0.3, -0.25) is 9.59 Å². The first-order valence-electron chi connectivity index (χ1n) is 10.2. The first kappa shape index (κ1) is 21.8. The zero-order chi connectivity index (χ0) is 23.0. The highest BCUT2D eigenvalue weighted by Crippen LogP contribution is 2.21. The highest BCUT2D eigenvalue weighted by Gasteiger charge is 2.11. The van der Waals surface area contributed by atoms with Gasteiger partial charge in [0.2, 0.25) is 11.8 Å². The summed E-state index contributed by atoms with van der Waals surface area (Å²) in [5, 5.41) is 18.0. The number of benzene rings is 2. The van der Waals surface area contributed by atoms with E-state index >= 15 is 0 Å². The Hall–Kier alpha value is -4.47. The third-order valence-corrected chi connectivity index (χ3v) is 4.71. The molecule has 0 aliphatic heterocycles. The Morgan fingerprint density at radius 3 is 2.48 bits per heavy atom. The van der Waals surface area contributed by atoms with Gasteiger partial charge < -0.3 is 20.1 Å². The van der Waals surface area contributed by atoms with Crippen LogP contribution in [-0.2, 0) is 4.79 Å². The maximum atomic E-state index is 12.0. The average Bonchev–Trinajstić information content (AvgIpc) is 3.29. The molecular formula is C23H22N6O4. The number of nitrogens with zero attached hydrogens (tertiary/aromatic N) is 4. The van der Waals surface area contributed by atoms with Gasteiger partial charge in [0.05, 0.1) is 20.2 Å². The van der Waals surface area contributed by atoms with E-state index in [-0.39, 0.29) is 31.5 Å². The molecular weight excluding hydrogens is 424 g/mol. The van der Waals surface area contributed by atoms with Gasteiger partial charge in [0, 0.05) is 17.2 Å². The number of aromatic nitrogens is 4. The molecule has 0 saturated carbocycles. The number of methoxy groups -OCH3 is 1. The minimum atomic E-state index is -0.313. The van der Waals surface area contributed by atoms with Crippen LogP contribution in [0.25, 0.3) is 17.0 Å². The fraction of sp³-hybridized carbons (Fsp3) is 0.174. The van der Waals surface area contributed by atoms with Crippen LogP contribution >= 0.6 is 0 Å². The molecule has 2 heterocycles. The van der Waals surface area contributed by atoms with Crippen molar-refractivity contribution in [2.75, 3.05) is 26.8 Å². The van der Waals surface area contributed by atoms with Gasteiger partial charge in [-0.2, -0.15) is 4.52 Å². The molecule has 0 radical (unpaired) electrons. The quantitative estimate of drug-likeness (QED) is 0.376. The van der Waals surface area contributed by atoms with Crippen LogP contribution in [0.3, 0.4) is 0 Å². The van der Waals surface area contributed by atoms with Crippen LogP contribution < -0.4 is 20.1 Å². The van der Waals surface area contributed by atoms with Crippen LogP contribution in [0.4, 0.5) is 0 Å². The molecule has 2 amide bonds. The molecule has 10 heteroatoms. The summed E-state index contributed by atoms with van der Waals surface area (Å²) in [5.41, 5.74) is 1.91. The molecule has 2 N–H and O–H groups in total. The second-order valence-corrected chi connectivity index (χ2v) is 6.94. The Bertz CT molecular complexity index is 1240. The predicted molar refractivity (Wildman–Crippen MR) is 120 cm³/mol. The molecule has 0 aliphatic rings. The highest BCUT2D eigenvalue weighted by atomic mass is 16.5. The molecule has 0 bridgehead atoms. The second-order valence-electron chi connectivity index (χ2n) is 6.94. The Morgan fingerprint density at radius 2 is 1.73 bits per heavy atom. The molecule has 2 aromatic heterocycles. The fourth-order valence-electron chi connectivity index (χ4n) is 3.03. The zero-order valence-corrected chi connectivity index (χ0v) is 17.9. The van der Waals surface area contributed by atoms with E-state index in [4.69, 9.17) is 9.47 Å². The molecule has 33 heavy (non-hydrogen) atoms. The highest BCUT2D eigenvalue weighted by molar-refractivity contribution is 5.96. The first-order valence-corrected chi connectivity index (χ1v) is 10.2. The lowest BCUT2D eigenvalue weighted by Crippen LogP contribution is -2.38. The number of hydrogen-bond donors (Lipinski definition) is 2. The standard InChI is InChI=1S/C23H22N6O4/c1-32-18-9-7-16(8-10-18)22-27-26-19-11-12-21(28-29(19)22)33-14-13-24-20(30)15-25-23(31)17-5-3-2-4-6-17/h2-12H,13-15H2,1H3,(H,24,30)(H,25,31). The maximum absolute atomic E-state index is 12.0. The largest absolute Gasteiger partial charge is 0.497 e. The van der Waals surface area contributed by atoms with Crippen molar-refractivity contribution in [1.82, 2.24) is 30.4 Å². The van der Waals surface area contributed by atoms with E-state index in [1.54, 1.807) is 48.0 Å². The lowest BCUT2D eigenvalue weighted by Gasteiger charge is -2.08. The van der Waals surface area contributed by atoms with Crippen molar-refractivity contribution in [3.8, 4) is 23.0 Å². The van der Waals surface area contributed by atoms with Gasteiger partial charge in [0.15, 0.2) is 11.5 Å². The van der Waals surface area contributed by atoms with Gasteiger partial charge in [0.1, 0.15) is 12.4 Å². The summed E-state index contributed by atoms with van der Waals surface area (Å²) in [6, 6.07) is 19.6. The molecule has 4 aromatic rings. The van der Waals surface area contributed by atoms with E-state index in [2.05, 4.69) is 25.9 Å². The van der Waals surface area contributed by atoms with Gasteiger partial charge in [-0.1, -0.05) is 18.2 Å². The summed E-state index contributed by atoms with van der Waals surface area (Å²) in [6.07, 6.45) is 0. The third-order valence-electron chi connectivity index (χ3n) is 4.71. The predicted octanol–water partition coefficient (Wildman–Crippen LogP) is 1.72. The van der Waals surface area contributed by atoms with Gasteiger partial charge >= 0.3 is 0 Å². The summed E-state index contributed by atoms with van der Waals surface area (Å²) < 4.78 is 12.4. The normalized spacial score (nSPS) is 10.6. The molecule has 0 atom stereocenters. The van der Waals surface area contributed by atoms with Gasteiger partial charge in [-0.05, 0) is 42.5 Å². The summed E-state index contributed by atoms with van der Waals surface area (Å²) in [4.78, 5) is 23.9. The molecule has 0 unspecified atom stereocenters. The summed E-state index contributed by atoms with van der Waals surface area (Å²) in [7, 11) is 1.61. The monoisotopic (exact) mass is 446 g/mol. The van der Waals surface area contributed by atoms with Crippen molar-refractivity contribution in [1.29, 1.82) is 0 Å². The lowest BCUT2D eigenvalue weighted by molar-refractivity contribution is -0.120. The van der Waals surface area contributed by atoms with Crippen molar-refractivity contribution in [2.45, 2.75) is 0 Å². The van der Waals surface area contributed by atoms with E-state index in [1.807, 2.05) is 30.3 Å². The number of amides is 2. The molecule has 10 nitrogen and oxygen atoms in total. The van der Waals surface area contributed by atoms with E-state index in [9.17, 15) is 9.59 Å². The second kappa shape index (κ2) is 10.2. The molecule has 0 spiro atoms. The fourth-order valence-corrected chi connectivity index (χ4v) is 3.03. The molecule has 0 saturated heterocycles. The molecule has 2 aromatic carbocycles. The number of carbonyl (C=O) groups excluding carboxylic acids is 2. The smallest absolute Gasteiger partial charge is 0.251 e. The maximum Gasteiger partial charge on any atom is 0.251 e. The van der Waals surface area contributed by atoms with Crippen LogP contribution in [0, 0.1) is 0 Å². The van der Waals surface area contributed by atoms with Gasteiger partial charge in [0.25, 0.3) is 5.91 Å². The van der Waals surface area contributed by atoms with Crippen LogP contribution in [0.15, 0.2) is 66.7 Å². The van der Waals surface area contributed by atoms with Gasteiger partial charge in [-0.25, -0.2) is 0 Å². The van der Waals surface area contributed by atoms with Gasteiger partial charge in [-0.15, -0.1) is 15.3 Å². The minimum Gasteiger partial charge on any atom is -0.497 e. The van der Waals surface area contributed by atoms with Crippen LogP contribution in [0.2, 0.25) is 0 Å². The Morgan fingerprint density at radius 1 is 0.939 bits per heavy atom. The third kappa shape index (κ3) is 5.42. The van der Waals surface area contributed by atoms with E-state index < -0.39 is 0 Å². The Kier molecular flexibility index (Phi) is 6.74. The van der Waals surface area contributed by atoms with Crippen LogP contribution in [0.5, 0.6) is 11.6 Å². The van der Waals surface area contributed by atoms with Crippen molar-refractivity contribution < 1.29 is 19.1 Å². The summed E-state index contributed by atoms with van der Waals surface area (Å²) in [6.45, 7) is 0.341. The van der Waals surface area contributed by atoms with Crippen LogP contribution in [0.1, 0.15) is 10.4 Å². The molecule has 0 fully saturated rings. The number of hydrogen-bond acceptors (Lipinski definition) is 7. The summed E-state index contributed by atoms with van der Waals surface area (Å²) in [5.74, 6) is 1.06. The number of ether oxygens (including phenoxy) is 2. The van der Waals surface area contributed by atoms with Crippen LogP contribution in [-0.4, -0.2) is 58.4 Å². The first-order chi connectivity index (χ1) is 16.1. The molecule has 4 rings (SSSR count). The number of rotatable bonds is 9. The van der Waals surface area contributed by atoms with E-state index in [0.717, 1.165) is 11.3 Å². The van der Waals surface area contributed by atoms with Crippen molar-refractivity contribution in [3.63, 3.8) is 0 Å². The molecule has 0 aliphatic carbocycles. The van der Waals surface area contributed by atoms with Crippen molar-refractivity contribution in [3.05, 3.63) is 72.3 Å². The lowest BCUT2D eigenvalue weighted by atomic mass is 10.2. The number of nitrogens with one attached hydrogen (secondary N) is 2. The van der Waals surface area contributed by atoms with E-state index in [1.165, 1.54) is 0 Å². The summed E-state index contributed by atoms with van der Waals surface area (Å²) >= 11 is 0. The zero-order valence-electron chi connectivity index (χ0n) is 17.9. The van der Waals surface area contributed by atoms with Crippen molar-refractivity contribution in [2.24, 2.45) is 0 Å². The van der Waals surface area contributed by atoms with Crippen molar-refractivity contribution >= 4 is 17.5 Å². The topological polar surface area (TPSA) is 120 Å².